The van der Waals surface area contributed by atoms with Crippen molar-refractivity contribution in [3.63, 3.8) is 0 Å². The molecule has 5 heteroatoms. The maximum absolute atomic E-state index is 10.2. The molecule has 0 aromatic heterocycles. The van der Waals surface area contributed by atoms with E-state index in [1.165, 1.54) is 12.8 Å². The molecule has 2 saturated carbocycles. The molecule has 0 bridgehead atoms. The van der Waals surface area contributed by atoms with Crippen LogP contribution in [0.2, 0.25) is 0 Å². The zero-order valence-electron chi connectivity index (χ0n) is 11.2. The summed E-state index contributed by atoms with van der Waals surface area (Å²) in [6, 6.07) is 0. The molecule has 0 aliphatic heterocycles. The zero-order valence-corrected chi connectivity index (χ0v) is 12.7. The van der Waals surface area contributed by atoms with Crippen molar-refractivity contribution in [3.8, 4) is 0 Å². The van der Waals surface area contributed by atoms with E-state index < -0.39 is 11.9 Å². The topological polar surface area (TPSA) is 80.3 Å². The maximum Gasteiger partial charge on any atom is 2.00 e. The van der Waals surface area contributed by atoms with Gasteiger partial charge in [-0.2, -0.15) is 0 Å². The maximum atomic E-state index is 10.2. The molecule has 0 atom stereocenters. The van der Waals surface area contributed by atoms with Crippen molar-refractivity contribution >= 4 is 11.9 Å². The van der Waals surface area contributed by atoms with Gasteiger partial charge >= 0.3 is 20.4 Å². The summed E-state index contributed by atoms with van der Waals surface area (Å²) in [5.74, 6) is -1.98. The fourth-order valence-corrected chi connectivity index (χ4v) is 2.68. The Morgan fingerprint density at radius 2 is 0.895 bits per heavy atom. The van der Waals surface area contributed by atoms with Crippen LogP contribution in [0.1, 0.15) is 64.2 Å². The Balaban J connectivity index is 0.000000324. The molecule has 0 saturated heterocycles. The summed E-state index contributed by atoms with van der Waals surface area (Å²) in [5.41, 5.74) is 0. The van der Waals surface area contributed by atoms with Gasteiger partial charge in [-0.3, -0.25) is 0 Å². The molecule has 0 aromatic rings. The average Bonchev–Trinajstić information content (AvgIpc) is 2.41. The first-order valence-electron chi connectivity index (χ1n) is 7.03. The third kappa shape index (κ3) is 7.69. The molecule has 2 aliphatic carbocycles. The Bertz CT molecular complexity index is 241. The van der Waals surface area contributed by atoms with Crippen LogP contribution in [0, 0.1) is 11.8 Å². The standard InChI is InChI=1S/2C7H12O2.Pd/c2*8-7(9)6-4-2-1-3-5-6;/h2*6H,1-5H2,(H,8,9);/q;;+2/p-2. The van der Waals surface area contributed by atoms with Crippen molar-refractivity contribution in [2.24, 2.45) is 11.8 Å². The predicted octanol–water partition coefficient (Wildman–Crippen LogP) is 0.631. The van der Waals surface area contributed by atoms with Crippen LogP contribution in [0.3, 0.4) is 0 Å². The zero-order chi connectivity index (χ0) is 13.4. The number of carbonyl (C=O) groups excluding carboxylic acids is 2. The van der Waals surface area contributed by atoms with Crippen LogP contribution in [0.25, 0.3) is 0 Å². The predicted molar refractivity (Wildman–Crippen MR) is 63.2 cm³/mol. The molecule has 19 heavy (non-hydrogen) atoms. The van der Waals surface area contributed by atoms with E-state index in [4.69, 9.17) is 0 Å². The second-order valence-electron chi connectivity index (χ2n) is 5.31. The summed E-state index contributed by atoms with van der Waals surface area (Å²) in [5, 5.41) is 20.5. The minimum Gasteiger partial charge on any atom is -0.550 e. The first kappa shape index (κ1) is 18.6. The molecule has 0 spiro atoms. The summed E-state index contributed by atoms with van der Waals surface area (Å²) < 4.78 is 0. The summed E-state index contributed by atoms with van der Waals surface area (Å²) >= 11 is 0. The minimum absolute atomic E-state index is 0. The van der Waals surface area contributed by atoms with Crippen LogP contribution in [-0.4, -0.2) is 11.9 Å². The van der Waals surface area contributed by atoms with Gasteiger partial charge in [-0.05, 0) is 37.5 Å². The molecule has 0 radical (unpaired) electrons. The minimum atomic E-state index is -0.852. The van der Waals surface area contributed by atoms with E-state index in [1.54, 1.807) is 0 Å². The first-order valence-corrected chi connectivity index (χ1v) is 7.03. The average molecular weight is 361 g/mol. The van der Waals surface area contributed by atoms with Gasteiger partial charge in [0.15, 0.2) is 0 Å². The molecule has 0 N–H and O–H groups in total. The molecule has 112 valence electrons. The van der Waals surface area contributed by atoms with Gasteiger partial charge in [-0.1, -0.05) is 38.5 Å². The fraction of sp³-hybridized carbons (Fsp3) is 0.857. The monoisotopic (exact) mass is 360 g/mol. The molecule has 4 nitrogen and oxygen atoms in total. The molecular weight excluding hydrogens is 339 g/mol. The van der Waals surface area contributed by atoms with Crippen molar-refractivity contribution in [1.82, 2.24) is 0 Å². The molecule has 0 aromatic carbocycles. The SMILES string of the molecule is O=C([O-])C1CCCCC1.O=C([O-])C1CCCCC1.[Pd+2]. The van der Waals surface area contributed by atoms with E-state index in [1.807, 2.05) is 0 Å². The Hall–Kier alpha value is -0.398. The van der Waals surface area contributed by atoms with Gasteiger partial charge in [0.05, 0.1) is 0 Å². The number of carboxylic acids is 2. The van der Waals surface area contributed by atoms with E-state index in [-0.39, 0.29) is 32.3 Å². The van der Waals surface area contributed by atoms with Gasteiger partial charge in [0.2, 0.25) is 0 Å². The van der Waals surface area contributed by atoms with Gasteiger partial charge in [0.1, 0.15) is 0 Å². The Morgan fingerprint density at radius 3 is 1.05 bits per heavy atom. The largest absolute Gasteiger partial charge is 2.00 e. The third-order valence-corrected chi connectivity index (χ3v) is 3.88. The molecule has 2 rings (SSSR count). The molecule has 0 amide bonds. The van der Waals surface area contributed by atoms with Crippen LogP contribution in [0.5, 0.6) is 0 Å². The molecule has 2 fully saturated rings. The van der Waals surface area contributed by atoms with Gasteiger partial charge in [0.25, 0.3) is 0 Å². The summed E-state index contributed by atoms with van der Waals surface area (Å²) in [4.78, 5) is 20.5. The van der Waals surface area contributed by atoms with Crippen molar-refractivity contribution in [3.05, 3.63) is 0 Å². The number of aliphatic carboxylic acids is 2. The van der Waals surface area contributed by atoms with Crippen LogP contribution in [0.4, 0.5) is 0 Å². The molecule has 0 unspecified atom stereocenters. The summed E-state index contributed by atoms with van der Waals surface area (Å²) in [6.45, 7) is 0. The Morgan fingerprint density at radius 1 is 0.632 bits per heavy atom. The van der Waals surface area contributed by atoms with E-state index in [0.717, 1.165) is 51.4 Å². The Kier molecular flexibility index (Phi) is 10.2. The first-order chi connectivity index (χ1) is 8.61. The van der Waals surface area contributed by atoms with E-state index >= 15 is 0 Å². The Labute approximate surface area is 128 Å². The summed E-state index contributed by atoms with van der Waals surface area (Å²) in [7, 11) is 0. The number of carbonyl (C=O) groups is 2. The number of hydrogen-bond acceptors (Lipinski definition) is 4. The molecule has 0 heterocycles. The van der Waals surface area contributed by atoms with E-state index in [0.29, 0.717) is 0 Å². The van der Waals surface area contributed by atoms with Gasteiger partial charge < -0.3 is 19.8 Å². The number of carboxylic acid groups (broad SMARTS) is 2. The fourth-order valence-electron chi connectivity index (χ4n) is 2.68. The van der Waals surface area contributed by atoms with Crippen LogP contribution >= 0.6 is 0 Å². The van der Waals surface area contributed by atoms with Crippen LogP contribution in [0.15, 0.2) is 0 Å². The normalized spacial score (nSPS) is 20.6. The van der Waals surface area contributed by atoms with E-state index in [9.17, 15) is 19.8 Å². The smallest absolute Gasteiger partial charge is 0.550 e. The van der Waals surface area contributed by atoms with Crippen molar-refractivity contribution in [2.75, 3.05) is 0 Å². The third-order valence-electron chi connectivity index (χ3n) is 3.88. The van der Waals surface area contributed by atoms with E-state index in [2.05, 4.69) is 0 Å². The van der Waals surface area contributed by atoms with Crippen molar-refractivity contribution in [2.45, 2.75) is 64.2 Å². The second-order valence-corrected chi connectivity index (χ2v) is 5.31. The second kappa shape index (κ2) is 10.4. The molecule has 2 aliphatic rings. The van der Waals surface area contributed by atoms with Crippen molar-refractivity contribution < 1.29 is 40.2 Å². The van der Waals surface area contributed by atoms with Gasteiger partial charge in [-0.25, -0.2) is 0 Å². The van der Waals surface area contributed by atoms with Crippen LogP contribution < -0.4 is 10.2 Å². The van der Waals surface area contributed by atoms with Crippen molar-refractivity contribution in [1.29, 1.82) is 0 Å². The van der Waals surface area contributed by atoms with Gasteiger partial charge in [0, 0.05) is 11.9 Å². The quantitative estimate of drug-likeness (QED) is 0.676. The van der Waals surface area contributed by atoms with Crippen LogP contribution in [-0.2, 0) is 30.0 Å². The summed E-state index contributed by atoms with van der Waals surface area (Å²) in [6.07, 6.45) is 10.0. The number of rotatable bonds is 2. The number of hydrogen-bond donors (Lipinski definition) is 0. The van der Waals surface area contributed by atoms with Gasteiger partial charge in [-0.15, -0.1) is 0 Å². The molecular formula is C14H22O4Pd.